The molecule has 1 aliphatic heterocycles. The van der Waals surface area contributed by atoms with Crippen molar-refractivity contribution in [2.75, 3.05) is 26.3 Å². The summed E-state index contributed by atoms with van der Waals surface area (Å²) in [6.45, 7) is 6.08. The van der Waals surface area contributed by atoms with Crippen LogP contribution in [0.5, 0.6) is 5.75 Å². The molecular weight excluding hydrogens is 364 g/mol. The molecule has 1 amide bonds. The second-order valence-corrected chi connectivity index (χ2v) is 7.14. The summed E-state index contributed by atoms with van der Waals surface area (Å²) >= 11 is 6.02. The third-order valence-corrected chi connectivity index (χ3v) is 4.72. The summed E-state index contributed by atoms with van der Waals surface area (Å²) in [7, 11) is 0. The second-order valence-electron chi connectivity index (χ2n) is 6.73. The number of para-hydroxylation sites is 1. The number of benzene rings is 2. The van der Waals surface area contributed by atoms with Crippen LogP contribution in [-0.4, -0.2) is 43.2 Å². The summed E-state index contributed by atoms with van der Waals surface area (Å²) in [5.74, 6) is 0.332. The van der Waals surface area contributed by atoms with Crippen molar-refractivity contribution in [1.29, 1.82) is 0 Å². The number of morpholine rings is 1. The van der Waals surface area contributed by atoms with Crippen LogP contribution in [0.25, 0.3) is 0 Å². The van der Waals surface area contributed by atoms with Crippen LogP contribution in [0, 0.1) is 0 Å². The highest BCUT2D eigenvalue weighted by molar-refractivity contribution is 6.32. The molecule has 0 aromatic heterocycles. The molecule has 0 bridgehead atoms. The third-order valence-electron chi connectivity index (χ3n) is 4.41. The highest BCUT2D eigenvalue weighted by Gasteiger charge is 2.16. The van der Waals surface area contributed by atoms with E-state index >= 15 is 0 Å². The van der Waals surface area contributed by atoms with Gasteiger partial charge in [0.25, 0.3) is 5.91 Å². The standard InChI is InChI=1S/C21H25ClN2O3/c1-16-13-24(9-10-26-16)14-18-6-4-5-17(11-18)12-23-21(25)15-27-20-8-3-2-7-19(20)22/h2-8,11,16H,9-10,12-15H2,1H3,(H,23,25). The first-order chi connectivity index (χ1) is 13.1. The SMILES string of the molecule is CC1CN(Cc2cccc(CNC(=O)COc3ccccc3Cl)c2)CCO1. The zero-order valence-corrected chi connectivity index (χ0v) is 16.2. The van der Waals surface area contributed by atoms with Gasteiger partial charge in [-0.2, -0.15) is 0 Å². The summed E-state index contributed by atoms with van der Waals surface area (Å²) in [5, 5.41) is 3.38. The Balaban J connectivity index is 1.46. The zero-order valence-electron chi connectivity index (χ0n) is 15.5. The van der Waals surface area contributed by atoms with Crippen molar-refractivity contribution in [3.8, 4) is 5.75 Å². The van der Waals surface area contributed by atoms with E-state index in [0.29, 0.717) is 17.3 Å². The maximum absolute atomic E-state index is 12.0. The Labute approximate surface area is 165 Å². The Kier molecular flexibility index (Phi) is 7.10. The third kappa shape index (κ3) is 6.24. The van der Waals surface area contributed by atoms with E-state index in [0.717, 1.165) is 31.8 Å². The predicted molar refractivity (Wildman–Crippen MR) is 106 cm³/mol. The normalized spacial score (nSPS) is 17.5. The van der Waals surface area contributed by atoms with Gasteiger partial charge >= 0.3 is 0 Å². The van der Waals surface area contributed by atoms with Crippen molar-refractivity contribution in [2.45, 2.75) is 26.1 Å². The lowest BCUT2D eigenvalue weighted by molar-refractivity contribution is -0.123. The van der Waals surface area contributed by atoms with Gasteiger partial charge in [0.15, 0.2) is 6.61 Å². The van der Waals surface area contributed by atoms with Gasteiger partial charge in [0.2, 0.25) is 0 Å². The molecule has 0 radical (unpaired) electrons. The fraction of sp³-hybridized carbons (Fsp3) is 0.381. The number of hydrogen-bond donors (Lipinski definition) is 1. The summed E-state index contributed by atoms with van der Waals surface area (Å²) in [4.78, 5) is 14.4. The van der Waals surface area contributed by atoms with E-state index in [4.69, 9.17) is 21.1 Å². The van der Waals surface area contributed by atoms with Gasteiger partial charge in [0.05, 0.1) is 17.7 Å². The number of nitrogens with zero attached hydrogens (tertiary/aromatic N) is 1. The average molecular weight is 389 g/mol. The van der Waals surface area contributed by atoms with Gasteiger partial charge in [0, 0.05) is 26.2 Å². The van der Waals surface area contributed by atoms with Crippen molar-refractivity contribution < 1.29 is 14.3 Å². The van der Waals surface area contributed by atoms with Crippen LogP contribution in [0.2, 0.25) is 5.02 Å². The molecule has 5 nitrogen and oxygen atoms in total. The molecule has 1 aliphatic rings. The van der Waals surface area contributed by atoms with E-state index in [1.165, 1.54) is 5.56 Å². The number of carbonyl (C=O) groups excluding carboxylic acids is 1. The van der Waals surface area contributed by atoms with Crippen LogP contribution >= 0.6 is 11.6 Å². The molecule has 1 saturated heterocycles. The van der Waals surface area contributed by atoms with Crippen molar-refractivity contribution in [1.82, 2.24) is 10.2 Å². The van der Waals surface area contributed by atoms with Gasteiger partial charge in [-0.3, -0.25) is 9.69 Å². The summed E-state index contributed by atoms with van der Waals surface area (Å²) in [6.07, 6.45) is 0.277. The maximum atomic E-state index is 12.0. The minimum atomic E-state index is -0.178. The van der Waals surface area contributed by atoms with Crippen LogP contribution in [0.4, 0.5) is 0 Å². The summed E-state index contributed by atoms with van der Waals surface area (Å²) < 4.78 is 11.0. The molecular formula is C21H25ClN2O3. The molecule has 27 heavy (non-hydrogen) atoms. The number of nitrogens with one attached hydrogen (secondary N) is 1. The summed E-state index contributed by atoms with van der Waals surface area (Å²) in [6, 6.07) is 15.4. The lowest BCUT2D eigenvalue weighted by atomic mass is 10.1. The van der Waals surface area contributed by atoms with Crippen LogP contribution in [0.1, 0.15) is 18.1 Å². The number of amides is 1. The van der Waals surface area contributed by atoms with Crippen molar-refractivity contribution in [2.24, 2.45) is 0 Å². The lowest BCUT2D eigenvalue weighted by Crippen LogP contribution is -2.40. The molecule has 1 unspecified atom stereocenters. The molecule has 0 spiro atoms. The Bertz CT molecular complexity index is 769. The minimum Gasteiger partial charge on any atom is -0.482 e. The Morgan fingerprint density at radius 2 is 2.07 bits per heavy atom. The van der Waals surface area contributed by atoms with Gasteiger partial charge in [-0.1, -0.05) is 48.0 Å². The quantitative estimate of drug-likeness (QED) is 0.791. The van der Waals surface area contributed by atoms with E-state index in [1.807, 2.05) is 24.3 Å². The molecule has 1 fully saturated rings. The van der Waals surface area contributed by atoms with E-state index in [-0.39, 0.29) is 18.6 Å². The first kappa shape index (κ1) is 19.7. The number of halogens is 1. The van der Waals surface area contributed by atoms with Crippen LogP contribution in [-0.2, 0) is 22.6 Å². The van der Waals surface area contributed by atoms with Gasteiger partial charge in [0.1, 0.15) is 5.75 Å². The second kappa shape index (κ2) is 9.74. The monoisotopic (exact) mass is 388 g/mol. The van der Waals surface area contributed by atoms with Gasteiger partial charge < -0.3 is 14.8 Å². The summed E-state index contributed by atoms with van der Waals surface area (Å²) in [5.41, 5.74) is 2.31. The maximum Gasteiger partial charge on any atom is 0.258 e. The minimum absolute atomic E-state index is 0.0604. The van der Waals surface area contributed by atoms with Gasteiger partial charge in [-0.25, -0.2) is 0 Å². The highest BCUT2D eigenvalue weighted by Crippen LogP contribution is 2.22. The Morgan fingerprint density at radius 1 is 1.26 bits per heavy atom. The number of carbonyl (C=O) groups is 1. The topological polar surface area (TPSA) is 50.8 Å². The number of rotatable bonds is 7. The van der Waals surface area contributed by atoms with E-state index < -0.39 is 0 Å². The molecule has 1 heterocycles. The number of ether oxygens (including phenoxy) is 2. The van der Waals surface area contributed by atoms with Crippen molar-refractivity contribution >= 4 is 17.5 Å². The van der Waals surface area contributed by atoms with Crippen LogP contribution in [0.15, 0.2) is 48.5 Å². The Morgan fingerprint density at radius 3 is 2.89 bits per heavy atom. The fourth-order valence-electron chi connectivity index (χ4n) is 3.09. The molecule has 1 atom stereocenters. The van der Waals surface area contributed by atoms with E-state index in [2.05, 4.69) is 29.3 Å². The molecule has 2 aromatic carbocycles. The van der Waals surface area contributed by atoms with Crippen LogP contribution in [0.3, 0.4) is 0 Å². The molecule has 0 saturated carbocycles. The predicted octanol–water partition coefficient (Wildman–Crippen LogP) is 3.26. The molecule has 3 rings (SSSR count). The largest absolute Gasteiger partial charge is 0.482 e. The molecule has 6 heteroatoms. The van der Waals surface area contributed by atoms with E-state index in [1.54, 1.807) is 12.1 Å². The number of hydrogen-bond acceptors (Lipinski definition) is 4. The first-order valence-electron chi connectivity index (χ1n) is 9.16. The first-order valence-corrected chi connectivity index (χ1v) is 9.54. The van der Waals surface area contributed by atoms with Gasteiger partial charge in [-0.05, 0) is 30.2 Å². The average Bonchev–Trinajstić information content (AvgIpc) is 2.66. The lowest BCUT2D eigenvalue weighted by Gasteiger charge is -2.31. The highest BCUT2D eigenvalue weighted by atomic mass is 35.5. The van der Waals surface area contributed by atoms with E-state index in [9.17, 15) is 4.79 Å². The van der Waals surface area contributed by atoms with Crippen molar-refractivity contribution in [3.63, 3.8) is 0 Å². The fourth-order valence-corrected chi connectivity index (χ4v) is 3.28. The van der Waals surface area contributed by atoms with Crippen molar-refractivity contribution in [3.05, 3.63) is 64.7 Å². The smallest absolute Gasteiger partial charge is 0.258 e. The molecule has 1 N–H and O–H groups in total. The Hall–Kier alpha value is -2.08. The van der Waals surface area contributed by atoms with Gasteiger partial charge in [-0.15, -0.1) is 0 Å². The molecule has 144 valence electrons. The molecule has 0 aliphatic carbocycles. The van der Waals surface area contributed by atoms with Crippen LogP contribution < -0.4 is 10.1 Å². The molecule has 2 aromatic rings. The zero-order chi connectivity index (χ0) is 19.1.